The molecule has 2 aromatic heterocycles. The average Bonchev–Trinajstić information content (AvgIpc) is 3.11. The van der Waals surface area contributed by atoms with Crippen molar-refractivity contribution in [2.24, 2.45) is 7.05 Å². The van der Waals surface area contributed by atoms with E-state index in [1.807, 2.05) is 11.6 Å². The van der Waals surface area contributed by atoms with E-state index in [0.717, 1.165) is 49.7 Å². The highest BCUT2D eigenvalue weighted by molar-refractivity contribution is 7.09. The first kappa shape index (κ1) is 15.6. The minimum absolute atomic E-state index is 0.0462. The molecule has 0 atom stereocenters. The van der Waals surface area contributed by atoms with Crippen LogP contribution in [0.1, 0.15) is 41.1 Å². The minimum Gasteiger partial charge on any atom is -0.388 e. The summed E-state index contributed by atoms with van der Waals surface area (Å²) in [6.45, 7) is 5.28. The topological polar surface area (TPSA) is 67.1 Å². The summed E-state index contributed by atoms with van der Waals surface area (Å²) in [7, 11) is 1.94. The van der Waals surface area contributed by atoms with Gasteiger partial charge in [-0.25, -0.2) is 4.98 Å². The van der Waals surface area contributed by atoms with E-state index in [2.05, 4.69) is 32.4 Å². The van der Waals surface area contributed by atoms with Crippen molar-refractivity contribution < 1.29 is 5.11 Å². The Morgan fingerprint density at radius 2 is 2.09 bits per heavy atom. The third-order valence-electron chi connectivity index (χ3n) is 4.44. The molecule has 0 radical (unpaired) electrons. The highest BCUT2D eigenvalue weighted by Crippen LogP contribution is 2.26. The van der Waals surface area contributed by atoms with Crippen molar-refractivity contribution in [1.82, 2.24) is 24.6 Å². The normalized spacial score (nSPS) is 17.2. The minimum atomic E-state index is -0.0462. The van der Waals surface area contributed by atoms with Crippen molar-refractivity contribution in [3.63, 3.8) is 0 Å². The number of aliphatic hydroxyl groups excluding tert-OH is 1. The van der Waals surface area contributed by atoms with Gasteiger partial charge in [0.1, 0.15) is 12.4 Å². The number of rotatable bonds is 5. The molecule has 1 aliphatic rings. The summed E-state index contributed by atoms with van der Waals surface area (Å²) in [5, 5.41) is 20.8. The summed E-state index contributed by atoms with van der Waals surface area (Å²) in [4.78, 5) is 7.04. The van der Waals surface area contributed by atoms with Crippen LogP contribution in [0.4, 0.5) is 0 Å². The Bertz CT molecular complexity index is 615. The van der Waals surface area contributed by atoms with E-state index < -0.39 is 0 Å². The van der Waals surface area contributed by atoms with Gasteiger partial charge >= 0.3 is 0 Å². The lowest BCUT2D eigenvalue weighted by Gasteiger charge is -2.31. The zero-order chi connectivity index (χ0) is 15.5. The predicted molar refractivity (Wildman–Crippen MR) is 85.9 cm³/mol. The Morgan fingerprint density at radius 1 is 1.32 bits per heavy atom. The van der Waals surface area contributed by atoms with Gasteiger partial charge in [-0.15, -0.1) is 21.5 Å². The van der Waals surface area contributed by atoms with E-state index >= 15 is 0 Å². The Hall–Kier alpha value is -1.31. The summed E-state index contributed by atoms with van der Waals surface area (Å²) < 4.78 is 1.94. The fourth-order valence-electron chi connectivity index (χ4n) is 3.08. The van der Waals surface area contributed by atoms with Gasteiger partial charge in [-0.1, -0.05) is 0 Å². The number of hydrogen-bond acceptors (Lipinski definition) is 6. The number of piperidine rings is 1. The molecule has 1 saturated heterocycles. The highest BCUT2D eigenvalue weighted by Gasteiger charge is 2.24. The first-order valence-electron chi connectivity index (χ1n) is 7.79. The largest absolute Gasteiger partial charge is 0.388 e. The van der Waals surface area contributed by atoms with Crippen molar-refractivity contribution in [2.45, 2.75) is 38.7 Å². The summed E-state index contributed by atoms with van der Waals surface area (Å²) >= 11 is 1.73. The molecule has 0 bridgehead atoms. The summed E-state index contributed by atoms with van der Waals surface area (Å²) in [5.74, 6) is 2.12. The molecule has 120 valence electrons. The summed E-state index contributed by atoms with van der Waals surface area (Å²) in [6.07, 6.45) is 3.24. The van der Waals surface area contributed by atoms with Crippen molar-refractivity contribution in [1.29, 1.82) is 0 Å². The molecule has 0 saturated carbocycles. The second kappa shape index (κ2) is 6.85. The van der Waals surface area contributed by atoms with Crippen LogP contribution in [0.3, 0.4) is 0 Å². The first-order chi connectivity index (χ1) is 10.7. The summed E-state index contributed by atoms with van der Waals surface area (Å²) in [6, 6.07) is 0. The van der Waals surface area contributed by atoms with Crippen LogP contribution in [0.15, 0.2) is 5.38 Å². The van der Waals surface area contributed by atoms with Crippen molar-refractivity contribution in [2.75, 3.05) is 19.6 Å². The molecule has 0 spiro atoms. The van der Waals surface area contributed by atoms with Crippen LogP contribution < -0.4 is 0 Å². The lowest BCUT2D eigenvalue weighted by Crippen LogP contribution is -2.35. The number of aliphatic hydroxyl groups is 1. The van der Waals surface area contributed by atoms with Crippen molar-refractivity contribution >= 4 is 11.3 Å². The molecular weight excluding hydrogens is 298 g/mol. The zero-order valence-corrected chi connectivity index (χ0v) is 14.0. The molecule has 0 unspecified atom stereocenters. The van der Waals surface area contributed by atoms with Gasteiger partial charge in [0.2, 0.25) is 0 Å². The maximum Gasteiger partial charge on any atom is 0.158 e. The predicted octanol–water partition coefficient (Wildman–Crippen LogP) is 1.49. The Labute approximate surface area is 134 Å². The van der Waals surface area contributed by atoms with Gasteiger partial charge in [-0.3, -0.25) is 0 Å². The Kier molecular flexibility index (Phi) is 4.85. The van der Waals surface area contributed by atoms with E-state index in [1.54, 1.807) is 11.3 Å². The number of thiazole rings is 1. The zero-order valence-electron chi connectivity index (χ0n) is 13.2. The molecule has 0 aliphatic carbocycles. The second-order valence-corrected chi connectivity index (χ2v) is 6.98. The van der Waals surface area contributed by atoms with Crippen LogP contribution in [-0.2, 0) is 20.1 Å². The standard InChI is InChI=1S/C15H23N5OS/c1-11-16-13(10-22-11)5-8-20-6-3-12(4-7-20)15-18-17-14(9-21)19(15)2/h10,12,21H,3-9H2,1-2H3. The van der Waals surface area contributed by atoms with Crippen LogP contribution in [0.2, 0.25) is 0 Å². The molecule has 6 nitrogen and oxygen atoms in total. The fourth-order valence-corrected chi connectivity index (χ4v) is 3.73. The lowest BCUT2D eigenvalue weighted by molar-refractivity contribution is 0.209. The van der Waals surface area contributed by atoms with E-state index in [4.69, 9.17) is 0 Å². The van der Waals surface area contributed by atoms with Gasteiger partial charge in [0, 0.05) is 31.3 Å². The third kappa shape index (κ3) is 3.37. The Balaban J connectivity index is 1.50. The van der Waals surface area contributed by atoms with Crippen LogP contribution >= 0.6 is 11.3 Å². The number of likely N-dealkylation sites (tertiary alicyclic amines) is 1. The molecule has 0 aromatic carbocycles. The smallest absolute Gasteiger partial charge is 0.158 e. The molecule has 1 fully saturated rings. The molecular formula is C15H23N5OS. The van der Waals surface area contributed by atoms with Gasteiger partial charge in [0.25, 0.3) is 0 Å². The summed E-state index contributed by atoms with van der Waals surface area (Å²) in [5.41, 5.74) is 1.21. The molecule has 22 heavy (non-hydrogen) atoms. The van der Waals surface area contributed by atoms with Gasteiger partial charge in [-0.2, -0.15) is 0 Å². The first-order valence-corrected chi connectivity index (χ1v) is 8.67. The van der Waals surface area contributed by atoms with Gasteiger partial charge in [0.05, 0.1) is 10.7 Å². The fraction of sp³-hybridized carbons (Fsp3) is 0.667. The number of aryl methyl sites for hydroxylation is 1. The molecule has 1 N–H and O–H groups in total. The molecule has 1 aliphatic heterocycles. The van der Waals surface area contributed by atoms with E-state index in [-0.39, 0.29) is 6.61 Å². The molecule has 7 heteroatoms. The Morgan fingerprint density at radius 3 is 2.68 bits per heavy atom. The van der Waals surface area contributed by atoms with Gasteiger partial charge in [0.15, 0.2) is 5.82 Å². The van der Waals surface area contributed by atoms with E-state index in [1.165, 1.54) is 5.69 Å². The third-order valence-corrected chi connectivity index (χ3v) is 5.27. The van der Waals surface area contributed by atoms with Gasteiger partial charge in [-0.05, 0) is 32.9 Å². The average molecular weight is 321 g/mol. The van der Waals surface area contributed by atoms with Gasteiger partial charge < -0.3 is 14.6 Å². The molecule has 2 aromatic rings. The maximum absolute atomic E-state index is 9.22. The van der Waals surface area contributed by atoms with Crippen LogP contribution in [-0.4, -0.2) is 49.4 Å². The van der Waals surface area contributed by atoms with Crippen molar-refractivity contribution in [3.05, 3.63) is 27.7 Å². The highest BCUT2D eigenvalue weighted by atomic mass is 32.1. The van der Waals surface area contributed by atoms with E-state index in [9.17, 15) is 5.11 Å². The van der Waals surface area contributed by atoms with Crippen LogP contribution in [0.5, 0.6) is 0 Å². The maximum atomic E-state index is 9.22. The quantitative estimate of drug-likeness (QED) is 0.904. The van der Waals surface area contributed by atoms with Crippen LogP contribution in [0, 0.1) is 6.92 Å². The molecule has 0 amide bonds. The van der Waals surface area contributed by atoms with Crippen molar-refractivity contribution in [3.8, 4) is 0 Å². The molecule has 3 heterocycles. The monoisotopic (exact) mass is 321 g/mol. The second-order valence-electron chi connectivity index (χ2n) is 5.92. The SMILES string of the molecule is Cc1nc(CCN2CCC(c3nnc(CO)n3C)CC2)cs1. The molecule has 3 rings (SSSR count). The van der Waals surface area contributed by atoms with E-state index in [0.29, 0.717) is 11.7 Å². The number of nitrogens with zero attached hydrogens (tertiary/aromatic N) is 5. The number of hydrogen-bond donors (Lipinski definition) is 1. The number of aromatic nitrogens is 4. The van der Waals surface area contributed by atoms with Crippen LogP contribution in [0.25, 0.3) is 0 Å². The lowest BCUT2D eigenvalue weighted by atomic mass is 9.96.